The summed E-state index contributed by atoms with van der Waals surface area (Å²) in [4.78, 5) is 14.5. The summed E-state index contributed by atoms with van der Waals surface area (Å²) in [6.07, 6.45) is 2.28. The number of rotatable bonds is 7. The van der Waals surface area contributed by atoms with Crippen LogP contribution in [-0.2, 0) is 4.79 Å². The first kappa shape index (κ1) is 17.2. The molecule has 0 aliphatic rings. The average Bonchev–Trinajstić information content (AvgIpc) is 3.04. The van der Waals surface area contributed by atoms with Crippen LogP contribution in [0.2, 0.25) is 0 Å². The first-order valence-corrected chi connectivity index (χ1v) is 7.76. The highest BCUT2D eigenvalue weighted by molar-refractivity contribution is 5.83. The Labute approximate surface area is 136 Å². The number of benzene rings is 1. The van der Waals surface area contributed by atoms with E-state index in [0.717, 1.165) is 11.3 Å². The van der Waals surface area contributed by atoms with Gasteiger partial charge in [0.2, 0.25) is 5.91 Å². The summed E-state index contributed by atoms with van der Waals surface area (Å²) in [6.45, 7) is 2.40. The van der Waals surface area contributed by atoms with E-state index < -0.39 is 0 Å². The molecule has 5 heteroatoms. The highest BCUT2D eigenvalue weighted by Crippen LogP contribution is 2.22. The quantitative estimate of drug-likeness (QED) is 0.852. The third-order valence-electron chi connectivity index (χ3n) is 3.96. The zero-order valence-corrected chi connectivity index (χ0v) is 13.8. The predicted molar refractivity (Wildman–Crippen MR) is 87.6 cm³/mol. The number of carbonyl (C=O) groups excluding carboxylic acids is 1. The van der Waals surface area contributed by atoms with E-state index >= 15 is 0 Å². The van der Waals surface area contributed by atoms with Crippen molar-refractivity contribution in [1.82, 2.24) is 10.2 Å². The molecule has 0 spiro atoms. The molecule has 0 radical (unpaired) electrons. The maximum Gasteiger partial charge on any atom is 0.227 e. The van der Waals surface area contributed by atoms with Crippen LogP contribution < -0.4 is 5.32 Å². The summed E-state index contributed by atoms with van der Waals surface area (Å²) in [5.74, 6) is 0.173. The van der Waals surface area contributed by atoms with Crippen LogP contribution in [0.1, 0.15) is 36.6 Å². The summed E-state index contributed by atoms with van der Waals surface area (Å²) >= 11 is 0. The van der Waals surface area contributed by atoms with E-state index in [1.165, 1.54) is 12.1 Å². The van der Waals surface area contributed by atoms with Crippen molar-refractivity contribution in [3.8, 4) is 0 Å². The van der Waals surface area contributed by atoms with Crippen molar-refractivity contribution in [2.75, 3.05) is 20.6 Å². The minimum absolute atomic E-state index is 0.0281. The molecule has 0 saturated heterocycles. The molecule has 0 fully saturated rings. The fourth-order valence-corrected chi connectivity index (χ4v) is 2.61. The standard InChI is InChI=1S/C18H23FN2O2/c1-4-15(13-7-9-14(19)10-8-13)18(22)20-12-16(21(2)3)17-6-5-11-23-17/h5-11,15-16H,4,12H2,1-3H3,(H,20,22). The van der Waals surface area contributed by atoms with Gasteiger partial charge in [-0.05, 0) is 50.3 Å². The summed E-state index contributed by atoms with van der Waals surface area (Å²) in [6, 6.07) is 9.81. The molecule has 2 unspecified atom stereocenters. The Kier molecular flexibility index (Phi) is 5.93. The summed E-state index contributed by atoms with van der Waals surface area (Å²) in [5.41, 5.74) is 0.825. The van der Waals surface area contributed by atoms with Crippen molar-refractivity contribution in [3.05, 3.63) is 59.8 Å². The lowest BCUT2D eigenvalue weighted by molar-refractivity contribution is -0.122. The Morgan fingerprint density at radius 3 is 2.48 bits per heavy atom. The van der Waals surface area contributed by atoms with Crippen LogP contribution in [0.25, 0.3) is 0 Å². The van der Waals surface area contributed by atoms with Gasteiger partial charge in [-0.15, -0.1) is 0 Å². The van der Waals surface area contributed by atoms with Gasteiger partial charge in [-0.3, -0.25) is 9.69 Å². The number of hydrogen-bond acceptors (Lipinski definition) is 3. The van der Waals surface area contributed by atoms with E-state index in [1.54, 1.807) is 18.4 Å². The van der Waals surface area contributed by atoms with Gasteiger partial charge < -0.3 is 9.73 Å². The predicted octanol–water partition coefficient (Wildman–Crippen LogP) is 3.33. The van der Waals surface area contributed by atoms with Gasteiger partial charge in [0.05, 0.1) is 18.2 Å². The van der Waals surface area contributed by atoms with Crippen LogP contribution in [-0.4, -0.2) is 31.4 Å². The third kappa shape index (κ3) is 4.42. The normalized spacial score (nSPS) is 13.8. The van der Waals surface area contributed by atoms with Crippen LogP contribution in [0.3, 0.4) is 0 Å². The fourth-order valence-electron chi connectivity index (χ4n) is 2.61. The number of amides is 1. The van der Waals surface area contributed by atoms with Crippen molar-refractivity contribution in [3.63, 3.8) is 0 Å². The molecule has 4 nitrogen and oxygen atoms in total. The van der Waals surface area contributed by atoms with Gasteiger partial charge in [-0.1, -0.05) is 19.1 Å². The number of furan rings is 1. The molecule has 0 saturated carbocycles. The molecule has 1 N–H and O–H groups in total. The molecular formula is C18H23FN2O2. The molecule has 23 heavy (non-hydrogen) atoms. The van der Waals surface area contributed by atoms with Gasteiger partial charge in [0.15, 0.2) is 0 Å². The molecule has 1 aromatic heterocycles. The number of carbonyl (C=O) groups is 1. The number of nitrogens with one attached hydrogen (secondary N) is 1. The molecule has 0 bridgehead atoms. The lowest BCUT2D eigenvalue weighted by Crippen LogP contribution is -2.36. The largest absolute Gasteiger partial charge is 0.468 e. The van der Waals surface area contributed by atoms with Crippen molar-refractivity contribution in [2.45, 2.75) is 25.3 Å². The maximum absolute atomic E-state index is 13.0. The number of halogens is 1. The SMILES string of the molecule is CCC(C(=O)NCC(c1ccco1)N(C)C)c1ccc(F)cc1. The third-order valence-corrected chi connectivity index (χ3v) is 3.96. The minimum atomic E-state index is -0.297. The molecule has 2 aromatic rings. The van der Waals surface area contributed by atoms with Crippen LogP contribution in [0.4, 0.5) is 4.39 Å². The molecule has 1 amide bonds. The highest BCUT2D eigenvalue weighted by Gasteiger charge is 2.22. The van der Waals surface area contributed by atoms with Crippen molar-refractivity contribution in [1.29, 1.82) is 0 Å². The highest BCUT2D eigenvalue weighted by atomic mass is 19.1. The number of hydrogen-bond donors (Lipinski definition) is 1. The number of nitrogens with zero attached hydrogens (tertiary/aromatic N) is 1. The number of likely N-dealkylation sites (N-methyl/N-ethyl adjacent to an activating group) is 1. The molecule has 0 aliphatic heterocycles. The monoisotopic (exact) mass is 318 g/mol. The van der Waals surface area contributed by atoms with Crippen molar-refractivity contribution >= 4 is 5.91 Å². The molecule has 1 heterocycles. The maximum atomic E-state index is 13.0. The van der Waals surface area contributed by atoms with Gasteiger partial charge in [-0.2, -0.15) is 0 Å². The molecule has 0 aliphatic carbocycles. The lowest BCUT2D eigenvalue weighted by Gasteiger charge is -2.24. The second kappa shape index (κ2) is 7.92. The zero-order chi connectivity index (χ0) is 16.8. The van der Waals surface area contributed by atoms with Gasteiger partial charge in [-0.25, -0.2) is 4.39 Å². The summed E-state index contributed by atoms with van der Waals surface area (Å²) < 4.78 is 18.5. The second-order valence-corrected chi connectivity index (χ2v) is 5.75. The summed E-state index contributed by atoms with van der Waals surface area (Å²) in [5, 5.41) is 2.98. The smallest absolute Gasteiger partial charge is 0.227 e. The van der Waals surface area contributed by atoms with Gasteiger partial charge in [0.25, 0.3) is 0 Å². The first-order chi connectivity index (χ1) is 11.0. The Morgan fingerprint density at radius 1 is 1.26 bits per heavy atom. The molecule has 124 valence electrons. The van der Waals surface area contributed by atoms with E-state index in [0.29, 0.717) is 13.0 Å². The van der Waals surface area contributed by atoms with Gasteiger partial charge in [0.1, 0.15) is 11.6 Å². The van der Waals surface area contributed by atoms with Crippen LogP contribution in [0.5, 0.6) is 0 Å². The van der Waals surface area contributed by atoms with Crippen LogP contribution in [0.15, 0.2) is 47.1 Å². The van der Waals surface area contributed by atoms with Crippen LogP contribution >= 0.6 is 0 Å². The van der Waals surface area contributed by atoms with E-state index in [-0.39, 0.29) is 23.7 Å². The van der Waals surface area contributed by atoms with E-state index in [1.807, 2.05) is 38.1 Å². The van der Waals surface area contributed by atoms with Gasteiger partial charge >= 0.3 is 0 Å². The van der Waals surface area contributed by atoms with Crippen LogP contribution in [0, 0.1) is 5.82 Å². The van der Waals surface area contributed by atoms with Crippen molar-refractivity contribution < 1.29 is 13.6 Å². The Balaban J connectivity index is 2.03. The average molecular weight is 318 g/mol. The molecule has 2 atom stereocenters. The fraction of sp³-hybridized carbons (Fsp3) is 0.389. The minimum Gasteiger partial charge on any atom is -0.468 e. The second-order valence-electron chi connectivity index (χ2n) is 5.75. The Morgan fingerprint density at radius 2 is 1.96 bits per heavy atom. The lowest BCUT2D eigenvalue weighted by atomic mass is 9.95. The zero-order valence-electron chi connectivity index (χ0n) is 13.8. The molecule has 1 aromatic carbocycles. The van der Waals surface area contributed by atoms with E-state index in [4.69, 9.17) is 4.42 Å². The molecular weight excluding hydrogens is 295 g/mol. The Bertz CT molecular complexity index is 608. The van der Waals surface area contributed by atoms with Crippen molar-refractivity contribution in [2.24, 2.45) is 0 Å². The summed E-state index contributed by atoms with van der Waals surface area (Å²) in [7, 11) is 3.88. The van der Waals surface area contributed by atoms with E-state index in [2.05, 4.69) is 5.32 Å². The molecule has 2 rings (SSSR count). The Hall–Kier alpha value is -2.14. The van der Waals surface area contributed by atoms with Gasteiger partial charge in [0, 0.05) is 6.54 Å². The first-order valence-electron chi connectivity index (χ1n) is 7.76. The van der Waals surface area contributed by atoms with E-state index in [9.17, 15) is 9.18 Å². The topological polar surface area (TPSA) is 45.5 Å².